The van der Waals surface area contributed by atoms with Crippen molar-refractivity contribution in [3.05, 3.63) is 11.6 Å². The second-order valence-corrected chi connectivity index (χ2v) is 7.58. The monoisotopic (exact) mass is 274 g/mol. The average Bonchev–Trinajstić information content (AvgIpc) is 2.72. The van der Waals surface area contributed by atoms with Gasteiger partial charge in [-0.15, -0.1) is 0 Å². The van der Waals surface area contributed by atoms with E-state index in [0.717, 1.165) is 47.7 Å². The fourth-order valence-corrected chi connectivity index (χ4v) is 5.67. The third kappa shape index (κ3) is 2.00. The van der Waals surface area contributed by atoms with Crippen LogP contribution in [0.25, 0.3) is 0 Å². The minimum Gasteiger partial charge on any atom is -0.321 e. The molecule has 2 N–H and O–H groups in total. The molecule has 0 aromatic carbocycles. The van der Waals surface area contributed by atoms with Gasteiger partial charge in [-0.05, 0) is 75.0 Å². The molecule has 1 atom stereocenters. The Morgan fingerprint density at radius 2 is 1.75 bits per heavy atom. The molecule has 20 heavy (non-hydrogen) atoms. The average molecular weight is 274 g/mol. The van der Waals surface area contributed by atoms with Crippen LogP contribution in [0.5, 0.6) is 0 Å². The van der Waals surface area contributed by atoms with Crippen molar-refractivity contribution in [3.63, 3.8) is 0 Å². The highest BCUT2D eigenvalue weighted by atomic mass is 15.3. The largest absolute Gasteiger partial charge is 0.321 e. The van der Waals surface area contributed by atoms with E-state index in [9.17, 15) is 0 Å². The lowest BCUT2D eigenvalue weighted by Gasteiger charge is -2.55. The summed E-state index contributed by atoms with van der Waals surface area (Å²) >= 11 is 0. The summed E-state index contributed by atoms with van der Waals surface area (Å²) in [5.41, 5.74) is 6.47. The van der Waals surface area contributed by atoms with Gasteiger partial charge in [-0.25, -0.2) is 4.98 Å². The molecule has 110 valence electrons. The summed E-state index contributed by atoms with van der Waals surface area (Å²) in [6, 6.07) is 0.0590. The lowest BCUT2D eigenvalue weighted by Crippen LogP contribution is -2.46. The van der Waals surface area contributed by atoms with E-state index in [4.69, 9.17) is 5.73 Å². The molecule has 4 saturated carbocycles. The SMILES string of the molecule is Cc1nc(C(N)CC2C3CC4CC(C3)CC2C4)n(C)n1. The van der Waals surface area contributed by atoms with Gasteiger partial charge in [0.25, 0.3) is 0 Å². The Kier molecular flexibility index (Phi) is 2.92. The van der Waals surface area contributed by atoms with Crippen LogP contribution in [-0.4, -0.2) is 14.8 Å². The van der Waals surface area contributed by atoms with Crippen LogP contribution in [0.2, 0.25) is 0 Å². The van der Waals surface area contributed by atoms with Crippen molar-refractivity contribution in [1.29, 1.82) is 0 Å². The van der Waals surface area contributed by atoms with Crippen LogP contribution in [0.3, 0.4) is 0 Å². The minimum atomic E-state index is 0.0590. The first-order valence-corrected chi connectivity index (χ1v) is 8.23. The number of hydrogen-bond donors (Lipinski definition) is 1. The van der Waals surface area contributed by atoms with Crippen molar-refractivity contribution in [3.8, 4) is 0 Å². The Balaban J connectivity index is 1.50. The molecular weight excluding hydrogens is 248 g/mol. The molecule has 4 heteroatoms. The lowest BCUT2D eigenvalue weighted by atomic mass is 9.51. The van der Waals surface area contributed by atoms with E-state index in [1.54, 1.807) is 0 Å². The van der Waals surface area contributed by atoms with Crippen molar-refractivity contribution >= 4 is 0 Å². The third-order valence-electron chi connectivity index (χ3n) is 6.18. The quantitative estimate of drug-likeness (QED) is 0.921. The van der Waals surface area contributed by atoms with Crippen LogP contribution >= 0.6 is 0 Å². The first-order valence-electron chi connectivity index (χ1n) is 8.23. The van der Waals surface area contributed by atoms with E-state index in [2.05, 4.69) is 10.1 Å². The first-order chi connectivity index (χ1) is 9.60. The number of hydrogen-bond acceptors (Lipinski definition) is 3. The zero-order valence-corrected chi connectivity index (χ0v) is 12.6. The molecule has 4 bridgehead atoms. The minimum absolute atomic E-state index is 0.0590. The fourth-order valence-electron chi connectivity index (χ4n) is 5.67. The van der Waals surface area contributed by atoms with Gasteiger partial charge in [0.15, 0.2) is 0 Å². The Morgan fingerprint density at radius 3 is 2.25 bits per heavy atom. The van der Waals surface area contributed by atoms with E-state index in [-0.39, 0.29) is 6.04 Å². The summed E-state index contributed by atoms with van der Waals surface area (Å²) in [5.74, 6) is 6.64. The van der Waals surface area contributed by atoms with Gasteiger partial charge in [0.05, 0.1) is 6.04 Å². The van der Waals surface area contributed by atoms with Crippen LogP contribution in [0.15, 0.2) is 0 Å². The van der Waals surface area contributed by atoms with E-state index in [1.807, 2.05) is 18.7 Å². The Morgan fingerprint density at radius 1 is 1.15 bits per heavy atom. The van der Waals surface area contributed by atoms with Crippen LogP contribution in [0.4, 0.5) is 0 Å². The summed E-state index contributed by atoms with van der Waals surface area (Å²) in [7, 11) is 1.96. The van der Waals surface area contributed by atoms with E-state index >= 15 is 0 Å². The van der Waals surface area contributed by atoms with Crippen molar-refractivity contribution in [2.75, 3.05) is 0 Å². The lowest BCUT2D eigenvalue weighted by molar-refractivity contribution is -0.0424. The second-order valence-electron chi connectivity index (χ2n) is 7.58. The highest BCUT2D eigenvalue weighted by Crippen LogP contribution is 2.58. The second kappa shape index (κ2) is 4.55. The molecule has 1 aromatic rings. The number of aromatic nitrogens is 3. The van der Waals surface area contributed by atoms with Crippen LogP contribution in [0.1, 0.15) is 56.2 Å². The Hall–Kier alpha value is -0.900. The maximum atomic E-state index is 6.47. The van der Waals surface area contributed by atoms with Gasteiger partial charge >= 0.3 is 0 Å². The number of nitrogens with zero attached hydrogens (tertiary/aromatic N) is 3. The fraction of sp³-hybridized carbons (Fsp3) is 0.875. The maximum Gasteiger partial charge on any atom is 0.147 e. The highest BCUT2D eigenvalue weighted by molar-refractivity contribution is 5.02. The molecular formula is C16H26N4. The molecule has 4 fully saturated rings. The van der Waals surface area contributed by atoms with Crippen molar-refractivity contribution in [2.45, 2.75) is 51.5 Å². The van der Waals surface area contributed by atoms with Gasteiger partial charge < -0.3 is 5.73 Å². The van der Waals surface area contributed by atoms with Gasteiger partial charge in [-0.3, -0.25) is 4.68 Å². The van der Waals surface area contributed by atoms with Gasteiger partial charge in [-0.1, -0.05) is 0 Å². The molecule has 0 amide bonds. The van der Waals surface area contributed by atoms with E-state index < -0.39 is 0 Å². The maximum absolute atomic E-state index is 6.47. The zero-order chi connectivity index (χ0) is 13.9. The van der Waals surface area contributed by atoms with Crippen LogP contribution in [0, 0.1) is 36.5 Å². The number of rotatable bonds is 3. The molecule has 4 aliphatic carbocycles. The molecule has 0 saturated heterocycles. The van der Waals surface area contributed by atoms with Crippen LogP contribution < -0.4 is 5.73 Å². The summed E-state index contributed by atoms with van der Waals surface area (Å²) in [6.07, 6.45) is 8.53. The number of aryl methyl sites for hydroxylation is 2. The molecule has 1 unspecified atom stereocenters. The Bertz CT molecular complexity index is 479. The summed E-state index contributed by atoms with van der Waals surface area (Å²) in [6.45, 7) is 1.94. The molecule has 1 heterocycles. The smallest absolute Gasteiger partial charge is 0.147 e. The molecule has 0 aliphatic heterocycles. The molecule has 5 rings (SSSR count). The van der Waals surface area contributed by atoms with Gasteiger partial charge in [0.2, 0.25) is 0 Å². The molecule has 0 spiro atoms. The summed E-state index contributed by atoms with van der Waals surface area (Å²) in [5, 5.41) is 4.34. The summed E-state index contributed by atoms with van der Waals surface area (Å²) in [4.78, 5) is 4.52. The first kappa shape index (κ1) is 12.8. The van der Waals surface area contributed by atoms with Crippen LogP contribution in [-0.2, 0) is 7.05 Å². The van der Waals surface area contributed by atoms with Gasteiger partial charge in [-0.2, -0.15) is 5.10 Å². The van der Waals surface area contributed by atoms with E-state index in [0.29, 0.717) is 0 Å². The molecule has 4 aliphatic rings. The van der Waals surface area contributed by atoms with Crippen molar-refractivity contribution in [1.82, 2.24) is 14.8 Å². The third-order valence-corrected chi connectivity index (χ3v) is 6.18. The standard InChI is InChI=1S/C16H26N4/c1-9-18-16(20(2)19-9)15(17)8-14-12-4-10-3-11(6-12)7-13(14)5-10/h10-15H,3-8,17H2,1-2H3. The highest BCUT2D eigenvalue weighted by Gasteiger charge is 2.48. The van der Waals surface area contributed by atoms with Crippen molar-refractivity contribution < 1.29 is 0 Å². The molecule has 4 nitrogen and oxygen atoms in total. The topological polar surface area (TPSA) is 56.7 Å². The Labute approximate surface area is 121 Å². The molecule has 0 radical (unpaired) electrons. The zero-order valence-electron chi connectivity index (χ0n) is 12.6. The summed E-state index contributed by atoms with van der Waals surface area (Å²) < 4.78 is 1.87. The molecule has 1 aromatic heterocycles. The normalized spacial score (nSPS) is 40.2. The van der Waals surface area contributed by atoms with Gasteiger partial charge in [0.1, 0.15) is 11.6 Å². The predicted octanol–water partition coefficient (Wildman–Crippen LogP) is 2.59. The van der Waals surface area contributed by atoms with E-state index in [1.165, 1.54) is 32.1 Å². The van der Waals surface area contributed by atoms with Gasteiger partial charge in [0, 0.05) is 7.05 Å². The predicted molar refractivity (Wildman–Crippen MR) is 77.8 cm³/mol. The number of nitrogens with two attached hydrogens (primary N) is 1. The van der Waals surface area contributed by atoms with Crippen molar-refractivity contribution in [2.24, 2.45) is 42.4 Å².